The Morgan fingerprint density at radius 3 is 2.45 bits per heavy atom. The summed E-state index contributed by atoms with van der Waals surface area (Å²) in [5, 5.41) is 3.17. The number of amides is 1. The van der Waals surface area contributed by atoms with Gasteiger partial charge in [-0.15, -0.1) is 0 Å². The van der Waals surface area contributed by atoms with Gasteiger partial charge < -0.3 is 16.0 Å². The molecule has 0 aromatic rings. The molecule has 1 heterocycles. The van der Waals surface area contributed by atoms with E-state index in [-0.39, 0.29) is 11.4 Å². The van der Waals surface area contributed by atoms with Crippen molar-refractivity contribution in [2.75, 3.05) is 19.6 Å². The van der Waals surface area contributed by atoms with Gasteiger partial charge in [-0.05, 0) is 47.0 Å². The van der Waals surface area contributed by atoms with E-state index in [9.17, 15) is 4.79 Å². The molecule has 1 rings (SSSR count). The van der Waals surface area contributed by atoms with Gasteiger partial charge in [0.1, 0.15) is 0 Å². The van der Waals surface area contributed by atoms with Crippen LogP contribution in [-0.4, -0.2) is 47.7 Å². The molecular weight excluding hydrogens is 276 g/mol. The van der Waals surface area contributed by atoms with Crippen LogP contribution in [0.4, 0.5) is 0 Å². The highest BCUT2D eigenvalue weighted by atomic mass is 16.1. The van der Waals surface area contributed by atoms with Gasteiger partial charge in [0.05, 0.1) is 5.57 Å². The molecule has 0 aliphatic carbocycles. The van der Waals surface area contributed by atoms with Crippen LogP contribution in [0.5, 0.6) is 0 Å². The van der Waals surface area contributed by atoms with E-state index in [0.29, 0.717) is 17.3 Å². The normalized spacial score (nSPS) is 20.3. The number of likely N-dealkylation sites (tertiary alicyclic amines) is 1. The summed E-state index contributed by atoms with van der Waals surface area (Å²) in [4.78, 5) is 19.3. The van der Waals surface area contributed by atoms with Gasteiger partial charge in [-0.1, -0.05) is 6.92 Å². The third kappa shape index (κ3) is 5.13. The van der Waals surface area contributed by atoms with Crippen LogP contribution in [0.25, 0.3) is 0 Å². The van der Waals surface area contributed by atoms with Crippen LogP contribution in [0.1, 0.15) is 53.9 Å². The lowest BCUT2D eigenvalue weighted by atomic mass is 9.88. The fourth-order valence-corrected chi connectivity index (χ4v) is 2.73. The van der Waals surface area contributed by atoms with Gasteiger partial charge in [-0.3, -0.25) is 9.79 Å². The first-order chi connectivity index (χ1) is 10.3. The second kappa shape index (κ2) is 8.32. The van der Waals surface area contributed by atoms with Gasteiger partial charge in [0.2, 0.25) is 0 Å². The van der Waals surface area contributed by atoms with Crippen LogP contribution in [0.15, 0.2) is 16.8 Å². The van der Waals surface area contributed by atoms with Crippen molar-refractivity contribution in [3.05, 3.63) is 11.8 Å². The molecule has 1 aliphatic heterocycles. The minimum absolute atomic E-state index is 0.111. The van der Waals surface area contributed by atoms with Crippen LogP contribution in [0.2, 0.25) is 0 Å². The van der Waals surface area contributed by atoms with Crippen molar-refractivity contribution in [2.24, 2.45) is 10.7 Å². The molecular formula is C17H32N4O. The molecule has 1 saturated heterocycles. The van der Waals surface area contributed by atoms with E-state index in [0.717, 1.165) is 38.9 Å². The van der Waals surface area contributed by atoms with Gasteiger partial charge in [0, 0.05) is 43.1 Å². The van der Waals surface area contributed by atoms with E-state index in [2.05, 4.69) is 42.9 Å². The molecule has 0 aromatic carbocycles. The molecule has 0 aromatic heterocycles. The third-order valence-electron chi connectivity index (χ3n) is 4.42. The summed E-state index contributed by atoms with van der Waals surface area (Å²) in [6, 6.07) is 0.558. The van der Waals surface area contributed by atoms with Crippen LogP contribution >= 0.6 is 0 Å². The number of nitrogens with two attached hydrogens (primary N) is 1. The van der Waals surface area contributed by atoms with E-state index in [1.54, 1.807) is 0 Å². The number of rotatable bonds is 6. The molecule has 0 saturated carbocycles. The van der Waals surface area contributed by atoms with Gasteiger partial charge in [0.15, 0.2) is 0 Å². The van der Waals surface area contributed by atoms with E-state index >= 15 is 0 Å². The monoisotopic (exact) mass is 308 g/mol. The second-order valence-electron chi connectivity index (χ2n) is 6.69. The Morgan fingerprint density at radius 1 is 1.41 bits per heavy atom. The number of aliphatic imine (C=N–C) groups is 1. The average Bonchev–Trinajstić information content (AvgIpc) is 2.45. The molecule has 1 aliphatic rings. The van der Waals surface area contributed by atoms with Crippen molar-refractivity contribution < 1.29 is 4.79 Å². The minimum Gasteiger partial charge on any atom is -0.404 e. The van der Waals surface area contributed by atoms with Crippen molar-refractivity contribution in [1.82, 2.24) is 10.2 Å². The lowest BCUT2D eigenvalue weighted by molar-refractivity contribution is -0.119. The average molecular weight is 308 g/mol. The Bertz CT molecular complexity index is 432. The largest absolute Gasteiger partial charge is 0.404 e. The molecule has 1 amide bonds. The summed E-state index contributed by atoms with van der Waals surface area (Å²) in [6.45, 7) is 13.2. The van der Waals surface area contributed by atoms with E-state index in [1.807, 2.05) is 6.92 Å². The Balaban J connectivity index is 2.67. The van der Waals surface area contributed by atoms with E-state index in [4.69, 9.17) is 5.73 Å². The summed E-state index contributed by atoms with van der Waals surface area (Å²) in [6.07, 6.45) is 4.25. The number of carbonyl (C=O) groups is 1. The molecule has 0 atom stereocenters. The van der Waals surface area contributed by atoms with E-state index < -0.39 is 0 Å². The standard InChI is InChI=1S/C17H32N4O/c1-6-9-19-14(4)15(12-18)16(22)20-17(5)7-10-21(11-8-17)13(2)3/h12-13H,6-11,18H2,1-5H3,(H,20,22)/b15-12+,19-14-. The Kier molecular flexibility index (Phi) is 7.07. The number of nitrogens with one attached hydrogen (secondary N) is 1. The van der Waals surface area contributed by atoms with Gasteiger partial charge in [-0.25, -0.2) is 0 Å². The molecule has 5 nitrogen and oxygen atoms in total. The number of hydrogen-bond acceptors (Lipinski definition) is 4. The maximum atomic E-state index is 12.5. The van der Waals surface area contributed by atoms with Crippen molar-refractivity contribution in [3.8, 4) is 0 Å². The van der Waals surface area contributed by atoms with Gasteiger partial charge in [0.25, 0.3) is 5.91 Å². The predicted molar refractivity (Wildman–Crippen MR) is 93.0 cm³/mol. The minimum atomic E-state index is -0.165. The molecule has 0 radical (unpaired) electrons. The maximum absolute atomic E-state index is 12.5. The molecule has 1 fully saturated rings. The Hall–Kier alpha value is -1.36. The summed E-state index contributed by atoms with van der Waals surface area (Å²) < 4.78 is 0. The molecule has 0 unspecified atom stereocenters. The molecule has 22 heavy (non-hydrogen) atoms. The molecule has 0 bridgehead atoms. The van der Waals surface area contributed by atoms with Crippen LogP contribution < -0.4 is 11.1 Å². The Morgan fingerprint density at radius 2 is 2.00 bits per heavy atom. The fraction of sp³-hybridized carbons (Fsp3) is 0.765. The fourth-order valence-electron chi connectivity index (χ4n) is 2.73. The van der Waals surface area contributed by atoms with Crippen molar-refractivity contribution >= 4 is 11.6 Å². The zero-order valence-corrected chi connectivity index (χ0v) is 14.8. The highest BCUT2D eigenvalue weighted by molar-refractivity contribution is 6.20. The first kappa shape index (κ1) is 18.7. The Labute approximate surface area is 135 Å². The molecule has 3 N–H and O–H groups in total. The SMILES string of the molecule is CCC/N=C(C)\C(=C/N)C(=O)NC1(C)CCN(C(C)C)CC1. The van der Waals surface area contributed by atoms with Crippen molar-refractivity contribution in [2.45, 2.75) is 65.5 Å². The molecule has 0 spiro atoms. The topological polar surface area (TPSA) is 70.7 Å². The summed E-state index contributed by atoms with van der Waals surface area (Å²) in [5.74, 6) is -0.111. The molecule has 126 valence electrons. The van der Waals surface area contributed by atoms with Crippen molar-refractivity contribution in [1.29, 1.82) is 0 Å². The van der Waals surface area contributed by atoms with Crippen LogP contribution in [-0.2, 0) is 4.79 Å². The quantitative estimate of drug-likeness (QED) is 0.583. The second-order valence-corrected chi connectivity index (χ2v) is 6.69. The third-order valence-corrected chi connectivity index (χ3v) is 4.42. The number of nitrogens with zero attached hydrogens (tertiary/aromatic N) is 2. The zero-order chi connectivity index (χ0) is 16.8. The first-order valence-electron chi connectivity index (χ1n) is 8.33. The highest BCUT2D eigenvalue weighted by Gasteiger charge is 2.33. The van der Waals surface area contributed by atoms with Gasteiger partial charge in [-0.2, -0.15) is 0 Å². The highest BCUT2D eigenvalue weighted by Crippen LogP contribution is 2.23. The number of piperidine rings is 1. The number of hydrogen-bond donors (Lipinski definition) is 2. The zero-order valence-electron chi connectivity index (χ0n) is 14.8. The molecule has 5 heteroatoms. The lowest BCUT2D eigenvalue weighted by Crippen LogP contribution is -2.55. The lowest BCUT2D eigenvalue weighted by Gasteiger charge is -2.41. The van der Waals surface area contributed by atoms with Crippen molar-refractivity contribution in [3.63, 3.8) is 0 Å². The maximum Gasteiger partial charge on any atom is 0.254 e. The van der Waals surface area contributed by atoms with Crippen LogP contribution in [0.3, 0.4) is 0 Å². The summed E-state index contributed by atoms with van der Waals surface area (Å²) in [7, 11) is 0. The first-order valence-corrected chi connectivity index (χ1v) is 8.33. The van der Waals surface area contributed by atoms with Gasteiger partial charge >= 0.3 is 0 Å². The smallest absolute Gasteiger partial charge is 0.254 e. The summed E-state index contributed by atoms with van der Waals surface area (Å²) >= 11 is 0. The van der Waals surface area contributed by atoms with E-state index in [1.165, 1.54) is 6.20 Å². The predicted octanol–water partition coefficient (Wildman–Crippen LogP) is 2.08. The summed E-state index contributed by atoms with van der Waals surface area (Å²) in [5.41, 5.74) is 6.68. The van der Waals surface area contributed by atoms with Crippen LogP contribution in [0, 0.1) is 0 Å². The number of carbonyl (C=O) groups excluding carboxylic acids is 1.